The lowest BCUT2D eigenvalue weighted by atomic mass is 9.94. The number of carbonyl (C=O) groups excluding carboxylic acids is 1. The molecule has 0 bridgehead atoms. The second kappa shape index (κ2) is 13.6. The first-order chi connectivity index (χ1) is 18.0. The molecule has 192 valence electrons. The van der Waals surface area contributed by atoms with Crippen LogP contribution in [0.3, 0.4) is 0 Å². The summed E-state index contributed by atoms with van der Waals surface area (Å²) in [6.07, 6.45) is 1.92. The van der Waals surface area contributed by atoms with Crippen LogP contribution in [0, 0.1) is 13.5 Å². The van der Waals surface area contributed by atoms with Crippen LogP contribution in [0.4, 0.5) is 0 Å². The summed E-state index contributed by atoms with van der Waals surface area (Å²) < 4.78 is 10.8. The zero-order chi connectivity index (χ0) is 26.6. The molecule has 0 atom stereocenters. The van der Waals surface area contributed by atoms with E-state index < -0.39 is 0 Å². The van der Waals surface area contributed by atoms with Gasteiger partial charge in [0.15, 0.2) is 0 Å². The van der Waals surface area contributed by atoms with Crippen molar-refractivity contribution in [1.82, 2.24) is 15.3 Å². The predicted octanol–water partition coefficient (Wildman–Crippen LogP) is 4.97. The van der Waals surface area contributed by atoms with Crippen LogP contribution in [0.25, 0.3) is 16.1 Å². The number of esters is 1. The molecule has 1 aromatic heterocycles. The minimum Gasteiger partial charge on any atom is -0.496 e. The highest BCUT2D eigenvalue weighted by atomic mass is 16.5. The highest BCUT2D eigenvalue weighted by molar-refractivity contribution is 5.81. The third kappa shape index (κ3) is 7.55. The molecule has 0 radical (unpaired) electrons. The minimum atomic E-state index is -0.265. The van der Waals surface area contributed by atoms with Crippen molar-refractivity contribution in [3.8, 4) is 16.9 Å². The number of methoxy groups -OCH3 is 1. The van der Waals surface area contributed by atoms with Crippen LogP contribution in [-0.4, -0.2) is 42.1 Å². The van der Waals surface area contributed by atoms with E-state index in [1.54, 1.807) is 20.2 Å². The molecule has 0 aliphatic carbocycles. The van der Waals surface area contributed by atoms with E-state index in [9.17, 15) is 4.79 Å². The van der Waals surface area contributed by atoms with Crippen LogP contribution in [0.15, 0.2) is 65.8 Å². The summed E-state index contributed by atoms with van der Waals surface area (Å²) in [5, 5.41) is 0. The maximum atomic E-state index is 12.1. The lowest BCUT2D eigenvalue weighted by Gasteiger charge is -2.24. The van der Waals surface area contributed by atoms with Gasteiger partial charge in [-0.1, -0.05) is 41.3 Å². The van der Waals surface area contributed by atoms with Crippen molar-refractivity contribution < 1.29 is 14.3 Å². The largest absolute Gasteiger partial charge is 0.496 e. The molecule has 2 aromatic carbocycles. The second-order valence-electron chi connectivity index (χ2n) is 8.38. The Bertz CT molecular complexity index is 1270. The smallest absolute Gasteiger partial charge is 0.310 e. The SMILES string of the molecule is [C-]#[N+]NC(=NCc1ccccn1)N(CC)Cc1cc(C)ccc1-c1cc(CC(=O)OCC)ccc1OC. The number of rotatable bonds is 10. The molecule has 0 spiro atoms. The van der Waals surface area contributed by atoms with Gasteiger partial charge in [0.25, 0.3) is 5.96 Å². The fraction of sp³-hybridized carbons (Fsp3) is 0.310. The van der Waals surface area contributed by atoms with Gasteiger partial charge in [0.05, 0.1) is 32.4 Å². The second-order valence-corrected chi connectivity index (χ2v) is 8.38. The Morgan fingerprint density at radius 1 is 1.14 bits per heavy atom. The van der Waals surface area contributed by atoms with Gasteiger partial charge in [0, 0.05) is 24.8 Å². The number of nitrogens with zero attached hydrogens (tertiary/aromatic N) is 4. The Morgan fingerprint density at radius 2 is 1.97 bits per heavy atom. The maximum absolute atomic E-state index is 12.1. The molecule has 0 amide bonds. The zero-order valence-electron chi connectivity index (χ0n) is 21.8. The van der Waals surface area contributed by atoms with Crippen LogP contribution in [0.2, 0.25) is 0 Å². The molecule has 8 nitrogen and oxygen atoms in total. The lowest BCUT2D eigenvalue weighted by molar-refractivity contribution is -0.142. The van der Waals surface area contributed by atoms with Crippen LogP contribution < -0.4 is 10.2 Å². The van der Waals surface area contributed by atoms with Gasteiger partial charge in [-0.15, -0.1) is 0 Å². The first kappa shape index (κ1) is 27.2. The van der Waals surface area contributed by atoms with Gasteiger partial charge in [-0.25, -0.2) is 4.99 Å². The molecule has 0 fully saturated rings. The van der Waals surface area contributed by atoms with E-state index >= 15 is 0 Å². The first-order valence-electron chi connectivity index (χ1n) is 12.2. The summed E-state index contributed by atoms with van der Waals surface area (Å²) in [5.41, 5.74) is 8.43. The molecule has 8 heteroatoms. The van der Waals surface area contributed by atoms with E-state index in [0.29, 0.717) is 38.0 Å². The monoisotopic (exact) mass is 499 g/mol. The van der Waals surface area contributed by atoms with Gasteiger partial charge in [-0.2, -0.15) is 11.5 Å². The Hall–Kier alpha value is -4.38. The average molecular weight is 500 g/mol. The number of aliphatic imine (C=N–C) groups is 1. The summed E-state index contributed by atoms with van der Waals surface area (Å²) >= 11 is 0. The number of carbonyl (C=O) groups is 1. The van der Waals surface area contributed by atoms with Gasteiger partial charge in [-0.3, -0.25) is 9.78 Å². The Labute approximate surface area is 218 Å². The number of guanidine groups is 1. The van der Waals surface area contributed by atoms with Crippen LogP contribution in [0.1, 0.15) is 36.2 Å². The van der Waals surface area contributed by atoms with Crippen LogP contribution >= 0.6 is 0 Å². The van der Waals surface area contributed by atoms with E-state index in [1.165, 1.54) is 0 Å². The molecule has 3 aromatic rings. The number of benzene rings is 2. The Kier molecular flexibility index (Phi) is 10.0. The number of pyridine rings is 1. The first-order valence-corrected chi connectivity index (χ1v) is 12.2. The van der Waals surface area contributed by atoms with Crippen LogP contribution in [0.5, 0.6) is 5.75 Å². The van der Waals surface area contributed by atoms with Gasteiger partial charge >= 0.3 is 5.97 Å². The molecular formula is C29H33N5O3. The van der Waals surface area contributed by atoms with E-state index in [1.807, 2.05) is 55.1 Å². The highest BCUT2D eigenvalue weighted by Crippen LogP contribution is 2.34. The molecule has 1 heterocycles. The van der Waals surface area contributed by atoms with E-state index in [0.717, 1.165) is 33.5 Å². The quantitative estimate of drug-likeness (QED) is 0.139. The molecule has 0 aliphatic heterocycles. The van der Waals surface area contributed by atoms with Crippen molar-refractivity contribution in [1.29, 1.82) is 0 Å². The number of hydrogen-bond acceptors (Lipinski definition) is 5. The van der Waals surface area contributed by atoms with Crippen molar-refractivity contribution in [2.24, 2.45) is 4.99 Å². The highest BCUT2D eigenvalue weighted by Gasteiger charge is 2.18. The van der Waals surface area contributed by atoms with E-state index in [-0.39, 0.29) is 12.4 Å². The van der Waals surface area contributed by atoms with Crippen molar-refractivity contribution in [3.63, 3.8) is 0 Å². The van der Waals surface area contributed by atoms with Gasteiger partial charge in [-0.05, 0) is 61.7 Å². The molecule has 0 aliphatic rings. The van der Waals surface area contributed by atoms with E-state index in [2.05, 4.69) is 38.6 Å². The summed E-state index contributed by atoms with van der Waals surface area (Å²) in [4.78, 5) is 26.5. The van der Waals surface area contributed by atoms with Gasteiger partial charge < -0.3 is 14.4 Å². The molecular weight excluding hydrogens is 466 g/mol. The number of hydrogen-bond donors (Lipinski definition) is 1. The normalized spacial score (nSPS) is 10.9. The fourth-order valence-corrected chi connectivity index (χ4v) is 4.02. The van der Waals surface area contributed by atoms with Crippen molar-refractivity contribution >= 4 is 11.9 Å². The zero-order valence-corrected chi connectivity index (χ0v) is 21.8. The molecule has 0 saturated heterocycles. The molecule has 0 saturated carbocycles. The molecule has 0 unspecified atom stereocenters. The van der Waals surface area contributed by atoms with Crippen molar-refractivity contribution in [2.75, 3.05) is 20.3 Å². The topological polar surface area (TPSA) is 80.4 Å². The summed E-state index contributed by atoms with van der Waals surface area (Å²) in [6, 6.07) is 17.7. The minimum absolute atomic E-state index is 0.187. The standard InChI is InChI=1S/C29H33N5O3/c1-6-34(29(33-30-4)32-19-24-10-8-9-15-31-24)20-23-16-21(3)11-13-25(23)26-17-22(12-14-27(26)36-5)18-28(35)37-7-2/h8-17H,6-7,18-20H2,1-3,5H3,(H,32,33). The average Bonchev–Trinajstić information content (AvgIpc) is 2.90. The third-order valence-electron chi connectivity index (χ3n) is 5.78. The predicted molar refractivity (Wildman–Crippen MR) is 145 cm³/mol. The lowest BCUT2D eigenvalue weighted by Crippen LogP contribution is -2.38. The summed E-state index contributed by atoms with van der Waals surface area (Å²) in [6.45, 7) is 15.1. The van der Waals surface area contributed by atoms with Gasteiger partial charge in [0.1, 0.15) is 5.75 Å². The molecule has 1 N–H and O–H groups in total. The van der Waals surface area contributed by atoms with Crippen molar-refractivity contribution in [3.05, 3.63) is 94.7 Å². The number of aromatic nitrogens is 1. The number of ether oxygens (including phenoxy) is 2. The molecule has 37 heavy (non-hydrogen) atoms. The summed E-state index contributed by atoms with van der Waals surface area (Å²) in [7, 11) is 1.64. The summed E-state index contributed by atoms with van der Waals surface area (Å²) in [5.74, 6) is 0.932. The fourth-order valence-electron chi connectivity index (χ4n) is 4.02. The Balaban J connectivity index is 1.98. The number of aryl methyl sites for hydroxylation is 1. The van der Waals surface area contributed by atoms with Crippen LogP contribution in [-0.2, 0) is 29.0 Å². The third-order valence-corrected chi connectivity index (χ3v) is 5.78. The van der Waals surface area contributed by atoms with E-state index in [4.69, 9.17) is 16.0 Å². The maximum Gasteiger partial charge on any atom is 0.310 e. The molecule has 3 rings (SSSR count). The Morgan fingerprint density at radius 3 is 2.65 bits per heavy atom. The number of nitrogens with one attached hydrogen (secondary N) is 1. The van der Waals surface area contributed by atoms with Crippen molar-refractivity contribution in [2.45, 2.75) is 40.3 Å². The van der Waals surface area contributed by atoms with Gasteiger partial charge in [0.2, 0.25) is 0 Å².